The number of nitrogens with zero attached hydrogens (tertiary/aromatic N) is 3. The van der Waals surface area contributed by atoms with Gasteiger partial charge in [0.05, 0.1) is 17.0 Å². The van der Waals surface area contributed by atoms with Gasteiger partial charge in [-0.3, -0.25) is 4.79 Å². The Balaban J connectivity index is 1.70. The van der Waals surface area contributed by atoms with Gasteiger partial charge in [-0.15, -0.1) is 0 Å². The molecule has 1 N–H and O–H groups in total. The van der Waals surface area contributed by atoms with E-state index in [1.807, 2.05) is 39.0 Å². The molecule has 8 heteroatoms. The molecule has 0 radical (unpaired) electrons. The van der Waals surface area contributed by atoms with E-state index < -0.39 is 10.0 Å². The van der Waals surface area contributed by atoms with Crippen LogP contribution in [0.4, 0.5) is 5.69 Å². The van der Waals surface area contributed by atoms with Crippen LogP contribution in [-0.2, 0) is 16.6 Å². The van der Waals surface area contributed by atoms with E-state index in [0.717, 1.165) is 22.4 Å². The summed E-state index contributed by atoms with van der Waals surface area (Å²) in [7, 11) is -2.18. The molecule has 0 aliphatic heterocycles. The maximum atomic E-state index is 12.7. The number of benzene rings is 2. The lowest BCUT2D eigenvalue weighted by atomic mass is 10.1. The van der Waals surface area contributed by atoms with Gasteiger partial charge in [0.2, 0.25) is 10.0 Å². The minimum Gasteiger partial charge on any atom is -0.322 e. The van der Waals surface area contributed by atoms with Crippen molar-refractivity contribution in [3.05, 3.63) is 82.9 Å². The quantitative estimate of drug-likeness (QED) is 0.654. The van der Waals surface area contributed by atoms with E-state index in [2.05, 4.69) is 15.3 Å². The van der Waals surface area contributed by atoms with Gasteiger partial charge in [-0.1, -0.05) is 29.8 Å². The second kappa shape index (κ2) is 8.73. The number of anilines is 1. The van der Waals surface area contributed by atoms with Crippen LogP contribution < -0.4 is 5.32 Å². The topological polar surface area (TPSA) is 92.3 Å². The lowest BCUT2D eigenvalue weighted by Gasteiger charge is -2.16. The number of carbonyl (C=O) groups is 1. The van der Waals surface area contributed by atoms with Crippen molar-refractivity contribution in [2.24, 2.45) is 0 Å². The minimum absolute atomic E-state index is 0.00486. The number of nitrogens with one attached hydrogen (secondary N) is 1. The van der Waals surface area contributed by atoms with Crippen LogP contribution in [0, 0.1) is 20.8 Å². The van der Waals surface area contributed by atoms with E-state index in [-0.39, 0.29) is 17.3 Å². The normalized spacial score (nSPS) is 11.5. The minimum atomic E-state index is -3.66. The van der Waals surface area contributed by atoms with E-state index in [1.165, 1.54) is 23.7 Å². The van der Waals surface area contributed by atoms with Crippen molar-refractivity contribution in [2.45, 2.75) is 32.2 Å². The molecule has 1 aromatic heterocycles. The summed E-state index contributed by atoms with van der Waals surface area (Å²) in [6, 6.07) is 12.5. The fourth-order valence-corrected chi connectivity index (χ4v) is 3.92. The lowest BCUT2D eigenvalue weighted by molar-refractivity contribution is 0.102. The summed E-state index contributed by atoms with van der Waals surface area (Å²) >= 11 is 0. The number of aryl methyl sites for hydroxylation is 3. The molecule has 0 atom stereocenters. The molecule has 0 saturated carbocycles. The summed E-state index contributed by atoms with van der Waals surface area (Å²) in [6.45, 7) is 5.76. The van der Waals surface area contributed by atoms with Crippen molar-refractivity contribution in [2.75, 3.05) is 12.4 Å². The molecule has 0 bridgehead atoms. The van der Waals surface area contributed by atoms with Crippen LogP contribution in [0.1, 0.15) is 32.9 Å². The average Bonchev–Trinajstić information content (AvgIpc) is 2.71. The average molecular weight is 425 g/mol. The molecule has 2 aromatic carbocycles. The first kappa shape index (κ1) is 21.6. The van der Waals surface area contributed by atoms with Gasteiger partial charge in [0, 0.05) is 25.1 Å². The second-order valence-corrected chi connectivity index (χ2v) is 9.28. The first-order chi connectivity index (χ1) is 14.2. The van der Waals surface area contributed by atoms with Crippen LogP contribution in [0.15, 0.2) is 59.8 Å². The zero-order chi connectivity index (χ0) is 21.9. The van der Waals surface area contributed by atoms with Crippen LogP contribution in [0.25, 0.3) is 0 Å². The Kier molecular flexibility index (Phi) is 6.28. The summed E-state index contributed by atoms with van der Waals surface area (Å²) in [5, 5.41) is 2.85. The predicted octanol–water partition coefficient (Wildman–Crippen LogP) is 3.47. The lowest BCUT2D eigenvalue weighted by Crippen LogP contribution is -2.27. The van der Waals surface area contributed by atoms with E-state index in [9.17, 15) is 13.2 Å². The van der Waals surface area contributed by atoms with E-state index >= 15 is 0 Å². The monoisotopic (exact) mass is 424 g/mol. The molecular weight excluding hydrogens is 400 g/mol. The summed E-state index contributed by atoms with van der Waals surface area (Å²) in [5.41, 5.74) is 4.00. The Hall–Kier alpha value is -3.10. The molecule has 7 nitrogen and oxygen atoms in total. The van der Waals surface area contributed by atoms with Gasteiger partial charge in [-0.25, -0.2) is 18.4 Å². The summed E-state index contributed by atoms with van der Waals surface area (Å²) in [6.07, 6.45) is 2.80. The first-order valence-corrected chi connectivity index (χ1v) is 10.8. The number of rotatable bonds is 6. The van der Waals surface area contributed by atoms with Gasteiger partial charge in [-0.2, -0.15) is 4.31 Å². The SMILES string of the molecule is Cc1ccc(S(=O)(=O)N(C)Cc2ncc(C(=O)Nc3cc(C)ccc3C)cn2)cc1. The molecule has 3 rings (SSSR count). The number of carbonyl (C=O) groups excluding carboxylic acids is 1. The standard InChI is InChI=1S/C22H24N4O3S/c1-15-6-9-19(10-7-15)30(28,29)26(4)14-21-23-12-18(13-24-21)22(27)25-20-11-16(2)5-8-17(20)3/h5-13H,14H2,1-4H3,(H,25,27). The number of amides is 1. The van der Waals surface area contributed by atoms with Crippen molar-refractivity contribution in [1.29, 1.82) is 0 Å². The van der Waals surface area contributed by atoms with Crippen molar-refractivity contribution >= 4 is 21.6 Å². The third-order valence-corrected chi connectivity index (χ3v) is 6.52. The molecule has 0 aliphatic carbocycles. The highest BCUT2D eigenvalue weighted by molar-refractivity contribution is 7.89. The van der Waals surface area contributed by atoms with Crippen molar-refractivity contribution in [1.82, 2.24) is 14.3 Å². The molecule has 0 saturated heterocycles. The zero-order valence-electron chi connectivity index (χ0n) is 17.4. The van der Waals surface area contributed by atoms with E-state index in [0.29, 0.717) is 11.4 Å². The number of sulfonamides is 1. The smallest absolute Gasteiger partial charge is 0.258 e. The molecule has 0 spiro atoms. The maximum absolute atomic E-state index is 12.7. The highest BCUT2D eigenvalue weighted by atomic mass is 32.2. The molecule has 1 amide bonds. The molecular formula is C22H24N4O3S. The Labute approximate surface area is 176 Å². The van der Waals surface area contributed by atoms with Gasteiger partial charge >= 0.3 is 0 Å². The molecule has 30 heavy (non-hydrogen) atoms. The van der Waals surface area contributed by atoms with Gasteiger partial charge in [0.15, 0.2) is 0 Å². The van der Waals surface area contributed by atoms with Crippen LogP contribution in [-0.4, -0.2) is 35.6 Å². The third kappa shape index (κ3) is 4.90. The largest absolute Gasteiger partial charge is 0.322 e. The second-order valence-electron chi connectivity index (χ2n) is 7.23. The summed E-state index contributed by atoms with van der Waals surface area (Å²) < 4.78 is 26.6. The van der Waals surface area contributed by atoms with Crippen LogP contribution in [0.3, 0.4) is 0 Å². The molecule has 0 aliphatic rings. The van der Waals surface area contributed by atoms with Crippen molar-refractivity contribution in [3.63, 3.8) is 0 Å². The highest BCUT2D eigenvalue weighted by Crippen LogP contribution is 2.18. The number of hydrogen-bond acceptors (Lipinski definition) is 5. The highest BCUT2D eigenvalue weighted by Gasteiger charge is 2.21. The fourth-order valence-electron chi connectivity index (χ4n) is 2.79. The molecule has 3 aromatic rings. The van der Waals surface area contributed by atoms with Gasteiger partial charge in [0.1, 0.15) is 5.82 Å². The van der Waals surface area contributed by atoms with Crippen molar-refractivity contribution in [3.8, 4) is 0 Å². The zero-order valence-corrected chi connectivity index (χ0v) is 18.2. The molecule has 0 unspecified atom stereocenters. The van der Waals surface area contributed by atoms with Gasteiger partial charge in [-0.05, 0) is 50.1 Å². The Bertz CT molecular complexity index is 1160. The Morgan fingerprint density at radius 3 is 2.20 bits per heavy atom. The number of hydrogen-bond donors (Lipinski definition) is 1. The molecule has 1 heterocycles. The van der Waals surface area contributed by atoms with E-state index in [1.54, 1.807) is 24.3 Å². The van der Waals surface area contributed by atoms with Crippen molar-refractivity contribution < 1.29 is 13.2 Å². The number of aromatic nitrogens is 2. The third-order valence-electron chi connectivity index (χ3n) is 4.70. The van der Waals surface area contributed by atoms with Gasteiger partial charge in [0.25, 0.3) is 5.91 Å². The van der Waals surface area contributed by atoms with Crippen LogP contribution in [0.2, 0.25) is 0 Å². The Morgan fingerprint density at radius 2 is 1.57 bits per heavy atom. The molecule has 156 valence electrons. The first-order valence-electron chi connectivity index (χ1n) is 9.39. The van der Waals surface area contributed by atoms with E-state index in [4.69, 9.17) is 0 Å². The van der Waals surface area contributed by atoms with Gasteiger partial charge < -0.3 is 5.32 Å². The Morgan fingerprint density at radius 1 is 0.967 bits per heavy atom. The van der Waals surface area contributed by atoms with Crippen LogP contribution in [0.5, 0.6) is 0 Å². The predicted molar refractivity (Wildman–Crippen MR) is 116 cm³/mol. The maximum Gasteiger partial charge on any atom is 0.258 e. The fraction of sp³-hybridized carbons (Fsp3) is 0.227. The molecule has 0 fully saturated rings. The summed E-state index contributed by atoms with van der Waals surface area (Å²) in [5.74, 6) is -0.0210. The summed E-state index contributed by atoms with van der Waals surface area (Å²) in [4.78, 5) is 21.0. The van der Waals surface area contributed by atoms with Crippen LogP contribution >= 0.6 is 0 Å².